The second-order valence-electron chi connectivity index (χ2n) is 14.7. The number of carboxylic acid groups (broad SMARTS) is 1. The molecule has 1 spiro atoms. The van der Waals surface area contributed by atoms with Crippen LogP contribution in [0.15, 0.2) is 28.3 Å². The Morgan fingerprint density at radius 1 is 1.11 bits per heavy atom. The largest absolute Gasteiger partial charge is 0.478 e. The van der Waals surface area contributed by atoms with Crippen LogP contribution in [-0.2, 0) is 9.59 Å². The smallest absolute Gasteiger partial charge is 0.331 e. The predicted molar refractivity (Wildman–Crippen MR) is 147 cm³/mol. The molecule has 3 aliphatic rings. The highest BCUT2D eigenvalue weighted by Crippen LogP contribution is 2.51. The molecular formula is C30H49N3O3. The van der Waals surface area contributed by atoms with Gasteiger partial charge in [-0.25, -0.2) is 9.79 Å². The summed E-state index contributed by atoms with van der Waals surface area (Å²) in [5.74, 6) is 0.131. The summed E-state index contributed by atoms with van der Waals surface area (Å²) >= 11 is 0. The third-order valence-corrected chi connectivity index (χ3v) is 8.03. The molecule has 2 aliphatic carbocycles. The molecule has 1 saturated carbocycles. The van der Waals surface area contributed by atoms with E-state index in [1.165, 1.54) is 0 Å². The molecule has 0 aromatic heterocycles. The second kappa shape index (κ2) is 9.98. The Morgan fingerprint density at radius 2 is 1.78 bits per heavy atom. The molecule has 0 radical (unpaired) electrons. The molecule has 0 aromatic carbocycles. The molecule has 6 nitrogen and oxygen atoms in total. The molecule has 0 bridgehead atoms. The molecule has 0 saturated heterocycles. The van der Waals surface area contributed by atoms with Gasteiger partial charge in [-0.15, -0.1) is 0 Å². The number of aliphatic imine (C=N–C) groups is 1. The molecule has 6 heteroatoms. The molecule has 1 aliphatic heterocycles. The van der Waals surface area contributed by atoms with Gasteiger partial charge in [-0.05, 0) is 72.7 Å². The van der Waals surface area contributed by atoms with Crippen LogP contribution >= 0.6 is 0 Å². The Hall–Kier alpha value is -2.11. The summed E-state index contributed by atoms with van der Waals surface area (Å²) in [6.45, 7) is 20.7. The van der Waals surface area contributed by atoms with Gasteiger partial charge in [0.05, 0.1) is 6.04 Å². The van der Waals surface area contributed by atoms with E-state index >= 15 is 0 Å². The van der Waals surface area contributed by atoms with Gasteiger partial charge in [-0.1, -0.05) is 74.5 Å². The summed E-state index contributed by atoms with van der Waals surface area (Å²) in [6, 6.07) is -0.0836. The second-order valence-corrected chi connectivity index (χ2v) is 14.7. The van der Waals surface area contributed by atoms with Gasteiger partial charge in [-0.2, -0.15) is 0 Å². The number of amides is 1. The SMILES string of the molecule is CC(C)(C)CC[C@H](C1=CC=C(C(=O)O)CC1)N1C(=O)C(NCC(C)(C)C)=NC12CCC(C(C)(C)C)C2. The normalized spacial score (nSPS) is 26.1. The number of nitrogens with one attached hydrogen (secondary N) is 1. The first-order chi connectivity index (χ1) is 16.4. The minimum absolute atomic E-state index is 0.00151. The van der Waals surface area contributed by atoms with Crippen LogP contribution in [-0.4, -0.2) is 46.0 Å². The zero-order valence-electron chi connectivity index (χ0n) is 24.1. The fourth-order valence-electron chi connectivity index (χ4n) is 5.73. The average Bonchev–Trinajstić information content (AvgIpc) is 3.28. The standard InChI is InChI=1S/C30H49N3O3/c1-27(2,3)16-15-23(20-10-12-21(13-11-20)26(35)36)33-25(34)24(31-19-28(4,5)6)32-30(33)17-14-22(18-30)29(7,8)9/h10,12,22-23H,11,13-19H2,1-9H3,(H,31,32)(H,35,36)/t22?,23-,30?/m1/s1. The van der Waals surface area contributed by atoms with E-state index in [2.05, 4.69) is 72.5 Å². The molecule has 2 unspecified atom stereocenters. The number of allylic oxidation sites excluding steroid dienone is 2. The number of aliphatic carboxylic acids is 1. The maximum Gasteiger partial charge on any atom is 0.331 e. The van der Waals surface area contributed by atoms with Crippen molar-refractivity contribution in [3.63, 3.8) is 0 Å². The van der Waals surface area contributed by atoms with Crippen LogP contribution in [0.4, 0.5) is 0 Å². The fourth-order valence-corrected chi connectivity index (χ4v) is 5.73. The number of nitrogens with zero attached hydrogens (tertiary/aromatic N) is 2. The van der Waals surface area contributed by atoms with E-state index in [0.717, 1.165) is 37.7 Å². The molecule has 3 rings (SSSR count). The minimum Gasteiger partial charge on any atom is -0.478 e. The van der Waals surface area contributed by atoms with Crippen molar-refractivity contribution in [1.29, 1.82) is 0 Å². The highest BCUT2D eigenvalue weighted by atomic mass is 16.4. The lowest BCUT2D eigenvalue weighted by Crippen LogP contribution is -2.53. The van der Waals surface area contributed by atoms with Gasteiger partial charge in [-0.3, -0.25) is 4.79 Å². The van der Waals surface area contributed by atoms with Crippen LogP contribution < -0.4 is 5.32 Å². The minimum atomic E-state index is -0.855. The van der Waals surface area contributed by atoms with Gasteiger partial charge in [0.25, 0.3) is 5.91 Å². The van der Waals surface area contributed by atoms with Crippen LogP contribution in [0, 0.1) is 22.2 Å². The Labute approximate surface area is 218 Å². The molecule has 202 valence electrons. The van der Waals surface area contributed by atoms with E-state index in [9.17, 15) is 14.7 Å². The van der Waals surface area contributed by atoms with Gasteiger partial charge >= 0.3 is 5.97 Å². The molecule has 2 N–H and O–H groups in total. The van der Waals surface area contributed by atoms with E-state index in [1.807, 2.05) is 6.08 Å². The Balaban J connectivity index is 2.03. The number of amidine groups is 1. The van der Waals surface area contributed by atoms with Gasteiger partial charge in [0.2, 0.25) is 0 Å². The third-order valence-electron chi connectivity index (χ3n) is 8.03. The van der Waals surface area contributed by atoms with Crippen LogP contribution in [0.2, 0.25) is 0 Å². The van der Waals surface area contributed by atoms with Gasteiger partial charge in [0.1, 0.15) is 5.66 Å². The number of hydrogen-bond acceptors (Lipinski definition) is 4. The number of carbonyl (C=O) groups is 2. The summed E-state index contributed by atoms with van der Waals surface area (Å²) in [7, 11) is 0. The molecule has 1 heterocycles. The van der Waals surface area contributed by atoms with Crippen molar-refractivity contribution in [2.75, 3.05) is 6.54 Å². The van der Waals surface area contributed by atoms with E-state index < -0.39 is 11.6 Å². The summed E-state index contributed by atoms with van der Waals surface area (Å²) in [4.78, 5) is 33.0. The van der Waals surface area contributed by atoms with E-state index in [-0.39, 0.29) is 28.2 Å². The van der Waals surface area contributed by atoms with Crippen molar-refractivity contribution in [3.05, 3.63) is 23.3 Å². The number of rotatable bonds is 6. The summed E-state index contributed by atoms with van der Waals surface area (Å²) in [5, 5.41) is 12.9. The van der Waals surface area contributed by atoms with Crippen LogP contribution in [0.1, 0.15) is 107 Å². The molecular weight excluding hydrogens is 450 g/mol. The van der Waals surface area contributed by atoms with E-state index in [4.69, 9.17) is 4.99 Å². The van der Waals surface area contributed by atoms with Crippen molar-refractivity contribution < 1.29 is 14.7 Å². The van der Waals surface area contributed by atoms with E-state index in [0.29, 0.717) is 36.7 Å². The highest BCUT2D eigenvalue weighted by Gasteiger charge is 2.55. The zero-order chi connectivity index (χ0) is 27.1. The van der Waals surface area contributed by atoms with Crippen LogP contribution in [0.25, 0.3) is 0 Å². The monoisotopic (exact) mass is 499 g/mol. The lowest BCUT2D eigenvalue weighted by atomic mass is 9.79. The molecule has 1 fully saturated rings. The number of carbonyl (C=O) groups excluding carboxylic acids is 1. The van der Waals surface area contributed by atoms with Crippen LogP contribution in [0.5, 0.6) is 0 Å². The lowest BCUT2D eigenvalue weighted by molar-refractivity contribution is -0.133. The summed E-state index contributed by atoms with van der Waals surface area (Å²) < 4.78 is 0. The van der Waals surface area contributed by atoms with Gasteiger partial charge < -0.3 is 15.3 Å². The zero-order valence-corrected chi connectivity index (χ0v) is 24.1. The molecule has 1 amide bonds. The van der Waals surface area contributed by atoms with Crippen molar-refractivity contribution in [1.82, 2.24) is 10.2 Å². The lowest BCUT2D eigenvalue weighted by Gasteiger charge is -2.42. The summed E-state index contributed by atoms with van der Waals surface area (Å²) in [5.41, 5.74) is 1.37. The van der Waals surface area contributed by atoms with Crippen molar-refractivity contribution >= 4 is 17.7 Å². The first-order valence-electron chi connectivity index (χ1n) is 13.7. The maximum absolute atomic E-state index is 14.1. The third kappa shape index (κ3) is 6.60. The maximum atomic E-state index is 14.1. The van der Waals surface area contributed by atoms with E-state index in [1.54, 1.807) is 6.08 Å². The number of carboxylic acids is 1. The molecule has 3 atom stereocenters. The highest BCUT2D eigenvalue weighted by molar-refractivity contribution is 6.39. The summed E-state index contributed by atoms with van der Waals surface area (Å²) in [6.07, 6.45) is 9.50. The fraction of sp³-hybridized carbons (Fsp3) is 0.767. The quantitative estimate of drug-likeness (QED) is 0.447. The van der Waals surface area contributed by atoms with Crippen molar-refractivity contribution in [3.8, 4) is 0 Å². The molecule has 0 aromatic rings. The Kier molecular flexibility index (Phi) is 7.89. The van der Waals surface area contributed by atoms with Crippen LogP contribution in [0.3, 0.4) is 0 Å². The van der Waals surface area contributed by atoms with Crippen molar-refractivity contribution in [2.45, 2.75) is 119 Å². The topological polar surface area (TPSA) is 82.0 Å². The Bertz CT molecular complexity index is 955. The van der Waals surface area contributed by atoms with Gasteiger partial charge in [0, 0.05) is 12.1 Å². The Morgan fingerprint density at radius 3 is 2.25 bits per heavy atom. The average molecular weight is 500 g/mol. The van der Waals surface area contributed by atoms with Gasteiger partial charge in [0.15, 0.2) is 5.84 Å². The molecule has 36 heavy (non-hydrogen) atoms. The number of hydrogen-bond donors (Lipinski definition) is 2. The first kappa shape index (κ1) is 28.5. The van der Waals surface area contributed by atoms with Crippen molar-refractivity contribution in [2.24, 2.45) is 27.2 Å². The predicted octanol–water partition coefficient (Wildman–Crippen LogP) is 6.33. The first-order valence-corrected chi connectivity index (χ1v) is 13.7.